The summed E-state index contributed by atoms with van der Waals surface area (Å²) >= 11 is 0. The molecule has 0 aliphatic carbocycles. The summed E-state index contributed by atoms with van der Waals surface area (Å²) in [5.41, 5.74) is 3.37. The highest BCUT2D eigenvalue weighted by atomic mass is 16.7. The fourth-order valence-electron chi connectivity index (χ4n) is 4.83. The Morgan fingerprint density at radius 1 is 0.829 bits per heavy atom. The van der Waals surface area contributed by atoms with Gasteiger partial charge in [-0.1, -0.05) is 78.9 Å². The van der Waals surface area contributed by atoms with Gasteiger partial charge in [0.1, 0.15) is 25.4 Å². The Bertz CT molecular complexity index is 1170. The van der Waals surface area contributed by atoms with E-state index in [2.05, 4.69) is 0 Å². The van der Waals surface area contributed by atoms with E-state index in [0.717, 1.165) is 22.4 Å². The Morgan fingerprint density at radius 3 is 2.09 bits per heavy atom. The van der Waals surface area contributed by atoms with Gasteiger partial charge in [-0.15, -0.1) is 0 Å². The number of hydroxylamine groups is 1. The van der Waals surface area contributed by atoms with Gasteiger partial charge in [0, 0.05) is 5.92 Å². The summed E-state index contributed by atoms with van der Waals surface area (Å²) < 4.78 is 11.2. The zero-order valence-corrected chi connectivity index (χ0v) is 19.0. The molecule has 35 heavy (non-hydrogen) atoms. The Labute approximate surface area is 203 Å². The third kappa shape index (κ3) is 4.58. The maximum Gasteiger partial charge on any atom is 0.412 e. The Balaban J connectivity index is 1.41. The van der Waals surface area contributed by atoms with E-state index in [9.17, 15) is 14.7 Å². The minimum absolute atomic E-state index is 0.0626. The number of hydrogen-bond donors (Lipinski definition) is 1. The summed E-state index contributed by atoms with van der Waals surface area (Å²) in [5, 5.41) is 11.0. The number of ether oxygens (including phenoxy) is 2. The lowest BCUT2D eigenvalue weighted by molar-refractivity contribution is -0.150. The number of para-hydroxylation sites is 1. The van der Waals surface area contributed by atoms with Gasteiger partial charge < -0.3 is 14.6 Å². The van der Waals surface area contributed by atoms with Crippen molar-refractivity contribution in [2.24, 2.45) is 0 Å². The van der Waals surface area contributed by atoms with Crippen molar-refractivity contribution in [2.75, 3.05) is 11.9 Å². The lowest BCUT2D eigenvalue weighted by Gasteiger charge is -2.33. The first-order valence-electron chi connectivity index (χ1n) is 11.5. The van der Waals surface area contributed by atoms with Crippen LogP contribution in [0.25, 0.3) is 0 Å². The van der Waals surface area contributed by atoms with Crippen LogP contribution in [0.2, 0.25) is 0 Å². The van der Waals surface area contributed by atoms with Crippen molar-refractivity contribution < 1.29 is 29.0 Å². The Hall–Kier alpha value is -3.88. The maximum atomic E-state index is 13.4. The molecule has 1 saturated heterocycles. The molecular formula is C27H26N2O6. The fourth-order valence-corrected chi connectivity index (χ4v) is 4.83. The largest absolute Gasteiger partial charge is 0.459 e. The summed E-state index contributed by atoms with van der Waals surface area (Å²) in [6, 6.07) is 25.4. The summed E-state index contributed by atoms with van der Waals surface area (Å²) in [7, 11) is 0. The van der Waals surface area contributed by atoms with Crippen molar-refractivity contribution in [3.63, 3.8) is 0 Å². The average molecular weight is 475 g/mol. The summed E-state index contributed by atoms with van der Waals surface area (Å²) in [5.74, 6) is -0.724. The molecule has 180 valence electrons. The molecule has 8 nitrogen and oxygen atoms in total. The molecule has 3 aromatic carbocycles. The maximum absolute atomic E-state index is 13.4. The number of carbonyl (C=O) groups excluding carboxylic acids is 2. The van der Waals surface area contributed by atoms with Crippen LogP contribution in [0.3, 0.4) is 0 Å². The molecule has 0 unspecified atom stereocenters. The molecule has 2 aliphatic rings. The van der Waals surface area contributed by atoms with Crippen LogP contribution < -0.4 is 5.06 Å². The highest BCUT2D eigenvalue weighted by Gasteiger charge is 2.56. The molecule has 0 spiro atoms. The van der Waals surface area contributed by atoms with Gasteiger partial charge in [0.05, 0.1) is 5.69 Å². The van der Waals surface area contributed by atoms with Crippen LogP contribution in [0.15, 0.2) is 84.9 Å². The van der Waals surface area contributed by atoms with Gasteiger partial charge in [0.25, 0.3) is 0 Å². The van der Waals surface area contributed by atoms with Crippen molar-refractivity contribution in [3.8, 4) is 0 Å². The average Bonchev–Trinajstić information content (AvgIpc) is 3.43. The molecular weight excluding hydrogens is 448 g/mol. The molecule has 3 atom stereocenters. The first kappa shape index (κ1) is 22.9. The Kier molecular flexibility index (Phi) is 6.65. The van der Waals surface area contributed by atoms with Gasteiger partial charge in [-0.3, -0.25) is 4.90 Å². The third-order valence-electron chi connectivity index (χ3n) is 6.38. The lowest BCUT2D eigenvalue weighted by Crippen LogP contribution is -2.52. The standard InChI is InChI=1S/C27H26N2O6/c30-18-35-29-23-14-8-7-13-21(23)22-15-24(26(31)33-16-19-9-3-1-4-10-19)28(25(22)29)27(32)34-17-20-11-5-2-6-12-20/h1-14,22,24-25,30H,15-18H2/t22-,24+,25+/m1/s1. The second-order valence-electron chi connectivity index (χ2n) is 8.46. The molecule has 3 aromatic rings. The number of esters is 1. The van der Waals surface area contributed by atoms with E-state index in [1.807, 2.05) is 84.9 Å². The molecule has 5 rings (SSSR count). The SMILES string of the molecule is O=C(OCc1ccccc1)[C@@H]1C[C@@H]2c3ccccc3N(OCO)[C@@H]2N1C(=O)OCc1ccccc1. The third-order valence-corrected chi connectivity index (χ3v) is 6.38. The van der Waals surface area contributed by atoms with Gasteiger partial charge in [0.2, 0.25) is 0 Å². The van der Waals surface area contributed by atoms with E-state index < -0.39 is 31.1 Å². The summed E-state index contributed by atoms with van der Waals surface area (Å²) in [6.07, 6.45) is -0.958. The van der Waals surface area contributed by atoms with Crippen LogP contribution in [0.4, 0.5) is 10.5 Å². The van der Waals surface area contributed by atoms with Crippen LogP contribution in [0.5, 0.6) is 0 Å². The second kappa shape index (κ2) is 10.2. The molecule has 2 aliphatic heterocycles. The number of benzene rings is 3. The van der Waals surface area contributed by atoms with Crippen molar-refractivity contribution >= 4 is 17.7 Å². The Morgan fingerprint density at radius 2 is 1.43 bits per heavy atom. The predicted molar refractivity (Wildman–Crippen MR) is 127 cm³/mol. The van der Waals surface area contributed by atoms with Crippen LogP contribution in [-0.4, -0.2) is 41.1 Å². The minimum Gasteiger partial charge on any atom is -0.459 e. The first-order valence-corrected chi connectivity index (χ1v) is 11.5. The number of amides is 1. The number of anilines is 1. The number of carbonyl (C=O) groups is 2. The smallest absolute Gasteiger partial charge is 0.412 e. The van der Waals surface area contributed by atoms with E-state index in [1.165, 1.54) is 9.96 Å². The number of likely N-dealkylation sites (tertiary alicyclic amines) is 1. The number of hydrogen-bond acceptors (Lipinski definition) is 7. The number of rotatable bonds is 7. The molecule has 0 bridgehead atoms. The number of nitrogens with zero attached hydrogens (tertiary/aromatic N) is 2. The van der Waals surface area contributed by atoms with Crippen molar-refractivity contribution in [1.82, 2.24) is 4.90 Å². The molecule has 2 heterocycles. The topological polar surface area (TPSA) is 88.5 Å². The molecule has 8 heteroatoms. The van der Waals surface area contributed by atoms with E-state index in [4.69, 9.17) is 14.3 Å². The zero-order valence-electron chi connectivity index (χ0n) is 19.0. The molecule has 0 aromatic heterocycles. The van der Waals surface area contributed by atoms with E-state index >= 15 is 0 Å². The van der Waals surface area contributed by atoms with Crippen LogP contribution in [-0.2, 0) is 32.3 Å². The first-order chi connectivity index (χ1) is 17.2. The van der Waals surface area contributed by atoms with Gasteiger partial charge in [0.15, 0.2) is 6.79 Å². The van der Waals surface area contributed by atoms with E-state index in [1.54, 1.807) is 0 Å². The summed E-state index contributed by atoms with van der Waals surface area (Å²) in [6.45, 7) is -0.410. The molecule has 1 amide bonds. The molecule has 0 saturated carbocycles. The zero-order chi connectivity index (χ0) is 24.2. The normalized spacial score (nSPS) is 20.3. The highest BCUT2D eigenvalue weighted by Crippen LogP contribution is 2.50. The van der Waals surface area contributed by atoms with Crippen molar-refractivity contribution in [3.05, 3.63) is 102 Å². The van der Waals surface area contributed by atoms with Crippen LogP contribution >= 0.6 is 0 Å². The number of aliphatic hydroxyl groups excluding tert-OH is 1. The van der Waals surface area contributed by atoms with Crippen molar-refractivity contribution in [1.29, 1.82) is 0 Å². The predicted octanol–water partition coefficient (Wildman–Crippen LogP) is 3.95. The van der Waals surface area contributed by atoms with E-state index in [0.29, 0.717) is 6.42 Å². The number of aliphatic hydroxyl groups is 1. The monoisotopic (exact) mass is 474 g/mol. The quantitative estimate of drug-likeness (QED) is 0.410. The van der Waals surface area contributed by atoms with Gasteiger partial charge in [-0.2, -0.15) is 0 Å². The second-order valence-corrected chi connectivity index (χ2v) is 8.46. The van der Waals surface area contributed by atoms with E-state index in [-0.39, 0.29) is 19.1 Å². The highest BCUT2D eigenvalue weighted by molar-refractivity contribution is 5.84. The minimum atomic E-state index is -0.866. The van der Waals surface area contributed by atoms with Crippen LogP contribution in [0, 0.1) is 0 Å². The van der Waals surface area contributed by atoms with Crippen LogP contribution in [0.1, 0.15) is 29.0 Å². The van der Waals surface area contributed by atoms with Gasteiger partial charge >= 0.3 is 12.1 Å². The van der Waals surface area contributed by atoms with Gasteiger partial charge in [-0.05, 0) is 29.2 Å². The summed E-state index contributed by atoms with van der Waals surface area (Å²) in [4.78, 5) is 33.6. The van der Waals surface area contributed by atoms with Crippen molar-refractivity contribution in [2.45, 2.75) is 37.8 Å². The molecule has 1 N–H and O–H groups in total. The van der Waals surface area contributed by atoms with Gasteiger partial charge in [-0.25, -0.2) is 19.5 Å². The fraction of sp³-hybridized carbons (Fsp3) is 0.259. The lowest BCUT2D eigenvalue weighted by atomic mass is 9.96. The molecule has 1 fully saturated rings. The number of fused-ring (bicyclic) bond motifs is 3. The molecule has 0 radical (unpaired) electrons.